The molecule has 1 fully saturated rings. The first-order chi connectivity index (χ1) is 11.0. The molecule has 0 bridgehead atoms. The van der Waals surface area contributed by atoms with E-state index in [-0.39, 0.29) is 5.91 Å². The van der Waals surface area contributed by atoms with Crippen molar-refractivity contribution in [2.45, 2.75) is 18.9 Å². The molecule has 1 heterocycles. The Balaban J connectivity index is 1.62. The van der Waals surface area contributed by atoms with Crippen molar-refractivity contribution in [1.82, 2.24) is 10.4 Å². The molecule has 3 rings (SSSR count). The van der Waals surface area contributed by atoms with Gasteiger partial charge in [-0.15, -0.1) is 0 Å². The molecule has 0 radical (unpaired) electrons. The van der Waals surface area contributed by atoms with Crippen LogP contribution < -0.4 is 16.2 Å². The van der Waals surface area contributed by atoms with E-state index in [1.165, 1.54) is 18.3 Å². The number of carbonyl (C=O) groups excluding carboxylic acids is 1. The first kappa shape index (κ1) is 16.2. The van der Waals surface area contributed by atoms with E-state index < -0.39 is 0 Å². The predicted molar refractivity (Wildman–Crippen MR) is 93.4 cm³/mol. The standard InChI is InChI=1S/C15H13Cl3N4O/c16-9-5-11(17)14(12(18)6-9)21-22-15(23)8-1-4-13(19-7-8)20-10-2-3-10/h1,4-7,10,21H,2-3H2,(H,19,20)(H,22,23). The molecule has 1 aliphatic rings. The van der Waals surface area contributed by atoms with Gasteiger partial charge in [-0.1, -0.05) is 34.8 Å². The third-order valence-corrected chi connectivity index (χ3v) is 4.08. The van der Waals surface area contributed by atoms with E-state index in [1.807, 2.05) is 0 Å². The van der Waals surface area contributed by atoms with Crippen molar-refractivity contribution in [3.63, 3.8) is 0 Å². The lowest BCUT2D eigenvalue weighted by Crippen LogP contribution is -2.29. The number of carbonyl (C=O) groups is 1. The Labute approximate surface area is 148 Å². The van der Waals surface area contributed by atoms with Gasteiger partial charge in [-0.25, -0.2) is 4.98 Å². The molecule has 2 aromatic rings. The number of hydrazine groups is 1. The topological polar surface area (TPSA) is 66.1 Å². The first-order valence-electron chi connectivity index (χ1n) is 6.96. The van der Waals surface area contributed by atoms with Crippen molar-refractivity contribution in [3.05, 3.63) is 51.1 Å². The minimum atomic E-state index is -0.349. The van der Waals surface area contributed by atoms with Crippen LogP contribution in [0.25, 0.3) is 0 Å². The number of aromatic nitrogens is 1. The van der Waals surface area contributed by atoms with Gasteiger partial charge in [-0.2, -0.15) is 0 Å². The number of hydrogen-bond acceptors (Lipinski definition) is 4. The van der Waals surface area contributed by atoms with Gasteiger partial charge in [-0.3, -0.25) is 15.6 Å². The zero-order valence-corrected chi connectivity index (χ0v) is 14.1. The second-order valence-electron chi connectivity index (χ2n) is 5.17. The van der Waals surface area contributed by atoms with Crippen LogP contribution in [0.15, 0.2) is 30.5 Å². The van der Waals surface area contributed by atoms with Gasteiger partial charge in [0.2, 0.25) is 0 Å². The molecule has 8 heteroatoms. The van der Waals surface area contributed by atoms with Gasteiger partial charge in [0.1, 0.15) is 5.82 Å². The molecule has 1 saturated carbocycles. The van der Waals surface area contributed by atoms with E-state index in [2.05, 4.69) is 21.2 Å². The van der Waals surface area contributed by atoms with E-state index in [0.29, 0.717) is 32.4 Å². The molecule has 23 heavy (non-hydrogen) atoms. The summed E-state index contributed by atoms with van der Waals surface area (Å²) in [5.74, 6) is 0.415. The Kier molecular flexibility index (Phi) is 4.80. The largest absolute Gasteiger partial charge is 0.367 e. The summed E-state index contributed by atoms with van der Waals surface area (Å²) >= 11 is 17.9. The number of halogens is 3. The maximum absolute atomic E-state index is 12.1. The number of nitrogens with one attached hydrogen (secondary N) is 3. The summed E-state index contributed by atoms with van der Waals surface area (Å²) in [5.41, 5.74) is 6.02. The number of rotatable bonds is 5. The summed E-state index contributed by atoms with van der Waals surface area (Å²) in [6.45, 7) is 0. The number of benzene rings is 1. The number of hydrogen-bond donors (Lipinski definition) is 3. The van der Waals surface area contributed by atoms with Crippen molar-refractivity contribution in [1.29, 1.82) is 0 Å². The molecule has 120 valence electrons. The third kappa shape index (κ3) is 4.19. The van der Waals surface area contributed by atoms with Crippen molar-refractivity contribution in [2.24, 2.45) is 0 Å². The molecule has 1 aliphatic carbocycles. The molecule has 0 saturated heterocycles. The Hall–Kier alpha value is -1.69. The second-order valence-corrected chi connectivity index (χ2v) is 6.43. The van der Waals surface area contributed by atoms with Crippen LogP contribution >= 0.6 is 34.8 Å². The molecule has 1 aromatic heterocycles. The van der Waals surface area contributed by atoms with Gasteiger partial charge in [0.25, 0.3) is 5.91 Å². The van der Waals surface area contributed by atoms with Gasteiger partial charge >= 0.3 is 0 Å². The summed E-state index contributed by atoms with van der Waals surface area (Å²) in [6.07, 6.45) is 3.83. The summed E-state index contributed by atoms with van der Waals surface area (Å²) in [5, 5.41) is 4.29. The average Bonchev–Trinajstić information content (AvgIpc) is 3.30. The number of anilines is 2. The van der Waals surface area contributed by atoms with Crippen molar-refractivity contribution in [3.8, 4) is 0 Å². The highest BCUT2D eigenvalue weighted by Crippen LogP contribution is 2.33. The fourth-order valence-corrected chi connectivity index (χ4v) is 2.81. The minimum Gasteiger partial charge on any atom is -0.367 e. The van der Waals surface area contributed by atoms with E-state index in [0.717, 1.165) is 18.7 Å². The first-order valence-corrected chi connectivity index (χ1v) is 8.10. The average molecular weight is 372 g/mol. The molecule has 5 nitrogen and oxygen atoms in total. The minimum absolute atomic E-state index is 0.310. The van der Waals surface area contributed by atoms with Crippen molar-refractivity contribution >= 4 is 52.2 Å². The number of amides is 1. The summed E-state index contributed by atoms with van der Waals surface area (Å²) < 4.78 is 0. The van der Waals surface area contributed by atoms with Gasteiger partial charge in [-0.05, 0) is 37.1 Å². The predicted octanol–water partition coefficient (Wildman–Crippen LogP) is 4.37. The summed E-state index contributed by atoms with van der Waals surface area (Å²) in [6, 6.07) is 7.04. The van der Waals surface area contributed by atoms with Gasteiger partial charge in [0.05, 0.1) is 21.3 Å². The molecule has 1 amide bonds. The quantitative estimate of drug-likeness (QED) is 0.683. The molecule has 1 aromatic carbocycles. The second kappa shape index (κ2) is 6.83. The zero-order chi connectivity index (χ0) is 16.4. The van der Waals surface area contributed by atoms with E-state index in [1.54, 1.807) is 12.1 Å². The van der Waals surface area contributed by atoms with Gasteiger partial charge in [0, 0.05) is 17.3 Å². The Morgan fingerprint density at radius 2 is 1.83 bits per heavy atom. The molecule has 0 aliphatic heterocycles. The fraction of sp³-hybridized carbons (Fsp3) is 0.200. The molecule has 3 N–H and O–H groups in total. The van der Waals surface area contributed by atoms with Crippen LogP contribution in [0.4, 0.5) is 11.5 Å². The monoisotopic (exact) mass is 370 g/mol. The summed E-state index contributed by atoms with van der Waals surface area (Å²) in [4.78, 5) is 16.3. The number of nitrogens with zero attached hydrogens (tertiary/aromatic N) is 1. The van der Waals surface area contributed by atoms with E-state index >= 15 is 0 Å². The Morgan fingerprint density at radius 1 is 1.13 bits per heavy atom. The lowest BCUT2D eigenvalue weighted by atomic mass is 10.2. The van der Waals surface area contributed by atoms with Crippen molar-refractivity contribution in [2.75, 3.05) is 10.7 Å². The molecular formula is C15H13Cl3N4O. The van der Waals surface area contributed by atoms with E-state index in [9.17, 15) is 4.79 Å². The lowest BCUT2D eigenvalue weighted by Gasteiger charge is -2.12. The Bertz CT molecular complexity index is 709. The van der Waals surface area contributed by atoms with Crippen LogP contribution in [-0.2, 0) is 0 Å². The molecule has 0 unspecified atom stereocenters. The highest BCUT2D eigenvalue weighted by atomic mass is 35.5. The normalized spacial score (nSPS) is 13.5. The maximum Gasteiger partial charge on any atom is 0.271 e. The zero-order valence-electron chi connectivity index (χ0n) is 11.9. The molecular weight excluding hydrogens is 359 g/mol. The maximum atomic E-state index is 12.1. The van der Waals surface area contributed by atoms with Crippen LogP contribution in [0.2, 0.25) is 15.1 Å². The molecule has 0 atom stereocenters. The van der Waals surface area contributed by atoms with E-state index in [4.69, 9.17) is 34.8 Å². The van der Waals surface area contributed by atoms with Crippen molar-refractivity contribution < 1.29 is 4.79 Å². The molecule has 0 spiro atoms. The lowest BCUT2D eigenvalue weighted by molar-refractivity contribution is 0.0962. The van der Waals surface area contributed by atoms with Crippen LogP contribution in [-0.4, -0.2) is 16.9 Å². The van der Waals surface area contributed by atoms with Crippen LogP contribution in [0.5, 0.6) is 0 Å². The fourth-order valence-electron chi connectivity index (χ4n) is 1.90. The number of pyridine rings is 1. The van der Waals surface area contributed by atoms with Crippen LogP contribution in [0.1, 0.15) is 23.2 Å². The SMILES string of the molecule is O=C(NNc1c(Cl)cc(Cl)cc1Cl)c1ccc(NC2CC2)nc1. The highest BCUT2D eigenvalue weighted by molar-refractivity contribution is 6.41. The van der Waals surface area contributed by atoms with Gasteiger partial charge < -0.3 is 5.32 Å². The third-order valence-electron chi connectivity index (χ3n) is 3.26. The highest BCUT2D eigenvalue weighted by Gasteiger charge is 2.21. The van der Waals surface area contributed by atoms with Crippen LogP contribution in [0, 0.1) is 0 Å². The van der Waals surface area contributed by atoms with Gasteiger partial charge in [0.15, 0.2) is 0 Å². The summed E-state index contributed by atoms with van der Waals surface area (Å²) in [7, 11) is 0. The smallest absolute Gasteiger partial charge is 0.271 e. The van der Waals surface area contributed by atoms with Crippen LogP contribution in [0.3, 0.4) is 0 Å². The Morgan fingerprint density at radius 3 is 2.39 bits per heavy atom.